The van der Waals surface area contributed by atoms with Gasteiger partial charge in [-0.25, -0.2) is 12.8 Å². The molecule has 0 radical (unpaired) electrons. The topological polar surface area (TPSA) is 37.4 Å². The lowest BCUT2D eigenvalue weighted by molar-refractivity contribution is 0.317. The summed E-state index contributed by atoms with van der Waals surface area (Å²) >= 11 is 8.89. The highest BCUT2D eigenvalue weighted by Crippen LogP contribution is 2.28. The van der Waals surface area contributed by atoms with E-state index in [1.807, 2.05) is 13.8 Å². The Hall–Kier alpha value is -0.170. The summed E-state index contributed by atoms with van der Waals surface area (Å²) in [6.45, 7) is 7.73. The Kier molecular flexibility index (Phi) is 6.65. The molecule has 3 nitrogen and oxygen atoms in total. The minimum atomic E-state index is -3.91. The second-order valence-electron chi connectivity index (χ2n) is 5.57. The highest BCUT2D eigenvalue weighted by Gasteiger charge is 2.31. The van der Waals surface area contributed by atoms with E-state index in [9.17, 15) is 12.8 Å². The summed E-state index contributed by atoms with van der Waals surface area (Å²) in [7, 11) is -3.91. The molecule has 21 heavy (non-hydrogen) atoms. The molecule has 0 amide bonds. The van der Waals surface area contributed by atoms with Crippen molar-refractivity contribution in [3.8, 4) is 0 Å². The maximum atomic E-state index is 14.4. The van der Waals surface area contributed by atoms with Crippen LogP contribution in [-0.2, 0) is 15.9 Å². The Balaban J connectivity index is 3.44. The number of nitrogens with zero attached hydrogens (tertiary/aromatic N) is 1. The van der Waals surface area contributed by atoms with Gasteiger partial charge in [0.05, 0.1) is 5.88 Å². The number of halogens is 3. The average molecular weight is 401 g/mol. The van der Waals surface area contributed by atoms with Crippen LogP contribution in [0.2, 0.25) is 0 Å². The predicted octanol–water partition coefficient (Wildman–Crippen LogP) is 4.38. The van der Waals surface area contributed by atoms with Crippen LogP contribution in [0.1, 0.15) is 33.3 Å². The van der Waals surface area contributed by atoms with Gasteiger partial charge in [0.15, 0.2) is 0 Å². The number of hydrogen-bond donors (Lipinski definition) is 0. The normalized spacial score (nSPS) is 12.7. The van der Waals surface area contributed by atoms with Crippen molar-refractivity contribution in [2.75, 3.05) is 6.54 Å². The summed E-state index contributed by atoms with van der Waals surface area (Å²) in [6.07, 6.45) is 0. The molecule has 0 aliphatic carbocycles. The molecular formula is C14H20BrClFNO2S. The molecule has 0 heterocycles. The fourth-order valence-corrected chi connectivity index (χ4v) is 4.76. The Morgan fingerprint density at radius 2 is 1.86 bits per heavy atom. The smallest absolute Gasteiger partial charge is 0.207 e. The molecule has 1 aromatic carbocycles. The number of benzene rings is 1. The van der Waals surface area contributed by atoms with Crippen molar-refractivity contribution in [2.24, 2.45) is 5.92 Å². The maximum Gasteiger partial charge on any atom is 0.246 e. The lowest BCUT2D eigenvalue weighted by Crippen LogP contribution is -2.39. The first kappa shape index (κ1) is 18.9. The zero-order valence-corrected chi connectivity index (χ0v) is 15.7. The third kappa shape index (κ3) is 4.41. The van der Waals surface area contributed by atoms with Crippen molar-refractivity contribution in [1.29, 1.82) is 0 Å². The van der Waals surface area contributed by atoms with E-state index < -0.39 is 15.8 Å². The third-order valence-electron chi connectivity index (χ3n) is 2.93. The van der Waals surface area contributed by atoms with E-state index in [-0.39, 0.29) is 28.3 Å². The zero-order chi connectivity index (χ0) is 16.4. The summed E-state index contributed by atoms with van der Waals surface area (Å²) in [5.41, 5.74) is 0.165. The molecule has 0 saturated carbocycles. The van der Waals surface area contributed by atoms with Crippen LogP contribution < -0.4 is 0 Å². The van der Waals surface area contributed by atoms with E-state index >= 15 is 0 Å². The van der Waals surface area contributed by atoms with Crippen LogP contribution in [-0.4, -0.2) is 25.3 Å². The summed E-state index contributed by atoms with van der Waals surface area (Å²) in [4.78, 5) is -0.332. The minimum absolute atomic E-state index is 0.0837. The van der Waals surface area contributed by atoms with Crippen LogP contribution in [0.25, 0.3) is 0 Å². The minimum Gasteiger partial charge on any atom is -0.207 e. The van der Waals surface area contributed by atoms with E-state index in [2.05, 4.69) is 15.9 Å². The number of rotatable bonds is 6. The van der Waals surface area contributed by atoms with Crippen LogP contribution in [0.15, 0.2) is 21.5 Å². The summed E-state index contributed by atoms with van der Waals surface area (Å²) < 4.78 is 41.8. The largest absolute Gasteiger partial charge is 0.246 e. The van der Waals surface area contributed by atoms with Crippen LogP contribution in [0.3, 0.4) is 0 Å². The van der Waals surface area contributed by atoms with E-state index in [0.717, 1.165) is 0 Å². The van der Waals surface area contributed by atoms with E-state index in [1.165, 1.54) is 16.4 Å². The van der Waals surface area contributed by atoms with Gasteiger partial charge < -0.3 is 0 Å². The maximum absolute atomic E-state index is 14.4. The van der Waals surface area contributed by atoms with Gasteiger partial charge in [-0.1, -0.05) is 29.8 Å². The Labute approximate surface area is 139 Å². The molecule has 0 saturated heterocycles. The first-order valence-corrected chi connectivity index (χ1v) is 9.43. The van der Waals surface area contributed by atoms with Crippen LogP contribution in [0.4, 0.5) is 4.39 Å². The molecule has 0 aromatic heterocycles. The first-order chi connectivity index (χ1) is 9.61. The van der Waals surface area contributed by atoms with Gasteiger partial charge in [0.1, 0.15) is 10.7 Å². The fraction of sp³-hybridized carbons (Fsp3) is 0.571. The van der Waals surface area contributed by atoms with Crippen LogP contribution in [0.5, 0.6) is 0 Å². The first-order valence-electron chi connectivity index (χ1n) is 6.67. The molecule has 0 atom stereocenters. The van der Waals surface area contributed by atoms with E-state index in [1.54, 1.807) is 13.8 Å². The van der Waals surface area contributed by atoms with Gasteiger partial charge in [0.25, 0.3) is 0 Å². The molecule has 7 heteroatoms. The molecule has 0 aliphatic rings. The second kappa shape index (κ2) is 7.40. The van der Waals surface area contributed by atoms with E-state index in [0.29, 0.717) is 11.0 Å². The molecule has 0 N–H and O–H groups in total. The highest BCUT2D eigenvalue weighted by molar-refractivity contribution is 9.10. The van der Waals surface area contributed by atoms with E-state index in [4.69, 9.17) is 11.6 Å². The van der Waals surface area contributed by atoms with Crippen LogP contribution in [0, 0.1) is 11.7 Å². The monoisotopic (exact) mass is 399 g/mol. The molecule has 0 aliphatic heterocycles. The fourth-order valence-electron chi connectivity index (χ4n) is 1.98. The summed E-state index contributed by atoms with van der Waals surface area (Å²) in [5, 5.41) is 0. The number of sulfonamides is 1. The Morgan fingerprint density at radius 3 is 2.29 bits per heavy atom. The molecule has 0 unspecified atom stereocenters. The van der Waals surface area contributed by atoms with Gasteiger partial charge in [-0.05, 0) is 31.9 Å². The van der Waals surface area contributed by atoms with Crippen molar-refractivity contribution in [3.63, 3.8) is 0 Å². The standard InChI is InChI=1S/C14H20BrClFNO2S/c1-9(2)8-18(10(3)4)21(19,20)13-6-12(15)5-11(7-16)14(13)17/h5-6,9-10H,7-8H2,1-4H3. The molecule has 0 spiro atoms. The molecule has 1 aromatic rings. The van der Waals surface area contributed by atoms with Crippen molar-refractivity contribution in [1.82, 2.24) is 4.31 Å². The Bertz CT molecular complexity index is 605. The predicted molar refractivity (Wildman–Crippen MR) is 87.5 cm³/mol. The lowest BCUT2D eigenvalue weighted by Gasteiger charge is -2.28. The molecule has 1 rings (SSSR count). The van der Waals surface area contributed by atoms with Crippen molar-refractivity contribution >= 4 is 37.6 Å². The average Bonchev–Trinajstić information content (AvgIpc) is 2.37. The quantitative estimate of drug-likeness (QED) is 0.664. The number of alkyl halides is 1. The summed E-state index contributed by atoms with van der Waals surface area (Å²) in [5.74, 6) is -0.716. The second-order valence-corrected chi connectivity index (χ2v) is 8.61. The van der Waals surface area contributed by atoms with Crippen LogP contribution >= 0.6 is 27.5 Å². The molecule has 0 fully saturated rings. The van der Waals surface area contributed by atoms with Gasteiger partial charge in [0, 0.05) is 22.6 Å². The van der Waals surface area contributed by atoms with Crippen molar-refractivity contribution in [3.05, 3.63) is 28.0 Å². The lowest BCUT2D eigenvalue weighted by atomic mass is 10.2. The van der Waals surface area contributed by atoms with Gasteiger partial charge in [-0.3, -0.25) is 0 Å². The zero-order valence-electron chi connectivity index (χ0n) is 12.5. The van der Waals surface area contributed by atoms with Crippen molar-refractivity contribution in [2.45, 2.75) is 44.5 Å². The third-order valence-corrected chi connectivity index (χ3v) is 5.72. The van der Waals surface area contributed by atoms with Gasteiger partial charge in [0.2, 0.25) is 10.0 Å². The van der Waals surface area contributed by atoms with Gasteiger partial charge in [-0.15, -0.1) is 11.6 Å². The van der Waals surface area contributed by atoms with Gasteiger partial charge in [-0.2, -0.15) is 4.31 Å². The molecular weight excluding hydrogens is 381 g/mol. The molecule has 120 valence electrons. The van der Waals surface area contributed by atoms with Crippen molar-refractivity contribution < 1.29 is 12.8 Å². The Morgan fingerprint density at radius 1 is 1.29 bits per heavy atom. The molecule has 0 bridgehead atoms. The highest BCUT2D eigenvalue weighted by atomic mass is 79.9. The SMILES string of the molecule is CC(C)CN(C(C)C)S(=O)(=O)c1cc(Br)cc(CCl)c1F. The number of hydrogen-bond acceptors (Lipinski definition) is 2. The summed E-state index contributed by atoms with van der Waals surface area (Å²) in [6, 6.07) is 2.52. The van der Waals surface area contributed by atoms with Gasteiger partial charge >= 0.3 is 0 Å².